The van der Waals surface area contributed by atoms with E-state index in [-0.39, 0.29) is 11.5 Å². The van der Waals surface area contributed by atoms with Crippen molar-refractivity contribution >= 4 is 5.97 Å². The second-order valence-electron chi connectivity index (χ2n) is 4.49. The highest BCUT2D eigenvalue weighted by molar-refractivity contribution is 5.75. The van der Waals surface area contributed by atoms with E-state index in [1.165, 1.54) is 7.11 Å². The molecule has 0 aromatic rings. The van der Waals surface area contributed by atoms with Crippen molar-refractivity contribution in [2.45, 2.75) is 32.3 Å². The molecule has 0 saturated carbocycles. The molecule has 0 aliphatic carbocycles. The summed E-state index contributed by atoms with van der Waals surface area (Å²) in [6.07, 6.45) is 1.47. The molecule has 0 aromatic carbocycles. The van der Waals surface area contributed by atoms with E-state index in [1.807, 2.05) is 19.9 Å². The molecule has 0 aromatic heterocycles. The summed E-state index contributed by atoms with van der Waals surface area (Å²) in [5, 5.41) is 8.96. The van der Waals surface area contributed by atoms with Gasteiger partial charge in [-0.25, -0.2) is 0 Å². The third kappa shape index (κ3) is 2.93. The van der Waals surface area contributed by atoms with E-state index in [0.29, 0.717) is 6.61 Å². The number of carbonyl (C=O) groups is 1. The molecule has 4 heteroatoms. The summed E-state index contributed by atoms with van der Waals surface area (Å²) in [4.78, 5) is 11.4. The van der Waals surface area contributed by atoms with Gasteiger partial charge in [0, 0.05) is 6.61 Å². The van der Waals surface area contributed by atoms with Crippen molar-refractivity contribution in [3.05, 3.63) is 0 Å². The molecule has 1 aliphatic rings. The number of hydrogen-bond donors (Lipinski definition) is 0. The van der Waals surface area contributed by atoms with Crippen LogP contribution in [0.2, 0.25) is 0 Å². The maximum Gasteiger partial charge on any atom is 0.323 e. The van der Waals surface area contributed by atoms with Crippen LogP contribution in [0.15, 0.2) is 0 Å². The van der Waals surface area contributed by atoms with Crippen molar-refractivity contribution < 1.29 is 14.3 Å². The van der Waals surface area contributed by atoms with Crippen molar-refractivity contribution in [1.82, 2.24) is 0 Å². The molecule has 0 N–H and O–H groups in total. The van der Waals surface area contributed by atoms with Crippen molar-refractivity contribution in [2.75, 3.05) is 13.7 Å². The average Bonchev–Trinajstić information content (AvgIpc) is 2.17. The monoisotopic (exact) mass is 211 g/mol. The van der Waals surface area contributed by atoms with E-state index in [2.05, 4.69) is 4.74 Å². The Kier molecular flexibility index (Phi) is 3.70. The maximum absolute atomic E-state index is 11.4. The Morgan fingerprint density at radius 3 is 2.80 bits per heavy atom. The van der Waals surface area contributed by atoms with Gasteiger partial charge >= 0.3 is 5.97 Å². The molecule has 1 aliphatic heterocycles. The predicted octanol–water partition coefficient (Wildman–Crippen LogP) is 1.50. The van der Waals surface area contributed by atoms with Crippen LogP contribution in [0.4, 0.5) is 0 Å². The molecule has 2 atom stereocenters. The Labute approximate surface area is 90.2 Å². The molecule has 84 valence electrons. The molecule has 4 nitrogen and oxygen atoms in total. The highest BCUT2D eigenvalue weighted by atomic mass is 16.5. The van der Waals surface area contributed by atoms with Crippen LogP contribution in [-0.2, 0) is 14.3 Å². The number of rotatable bonds is 2. The minimum Gasteiger partial charge on any atom is -0.468 e. The standard InChI is InChI=1S/C11H17NO3/c1-11(2)6-8(4-5-15-11)9(7-12)10(13)14-3/h8-9H,4-6H2,1-3H3/t8-,9+/m1/s1. The molecule has 1 rings (SSSR count). The molecule has 0 spiro atoms. The van der Waals surface area contributed by atoms with Gasteiger partial charge in [0.05, 0.1) is 18.8 Å². The molecule has 1 saturated heterocycles. The highest BCUT2D eigenvalue weighted by Gasteiger charge is 2.37. The number of nitriles is 1. The van der Waals surface area contributed by atoms with Crippen LogP contribution in [0.5, 0.6) is 0 Å². The summed E-state index contributed by atoms with van der Waals surface area (Å²) in [5.74, 6) is -1.04. The highest BCUT2D eigenvalue weighted by Crippen LogP contribution is 2.33. The zero-order valence-corrected chi connectivity index (χ0v) is 9.45. The zero-order chi connectivity index (χ0) is 11.5. The minimum atomic E-state index is -0.654. The maximum atomic E-state index is 11.4. The first kappa shape index (κ1) is 12.0. The largest absolute Gasteiger partial charge is 0.468 e. The van der Waals surface area contributed by atoms with Gasteiger partial charge in [0.25, 0.3) is 0 Å². The molecule has 0 unspecified atom stereocenters. The Hall–Kier alpha value is -1.08. The summed E-state index contributed by atoms with van der Waals surface area (Å²) in [6.45, 7) is 4.56. The van der Waals surface area contributed by atoms with Gasteiger partial charge in [-0.1, -0.05) is 0 Å². The first-order chi connectivity index (χ1) is 7.00. The van der Waals surface area contributed by atoms with E-state index in [4.69, 9.17) is 10.00 Å². The van der Waals surface area contributed by atoms with Gasteiger partial charge in [-0.3, -0.25) is 4.79 Å². The summed E-state index contributed by atoms with van der Waals surface area (Å²) >= 11 is 0. The summed E-state index contributed by atoms with van der Waals surface area (Å²) < 4.78 is 10.2. The van der Waals surface area contributed by atoms with Crippen LogP contribution in [0, 0.1) is 23.2 Å². The molecular weight excluding hydrogens is 194 g/mol. The molecule has 0 amide bonds. The lowest BCUT2D eigenvalue weighted by molar-refractivity contribution is -0.148. The Bertz CT molecular complexity index is 280. The van der Waals surface area contributed by atoms with Gasteiger partial charge in [0.2, 0.25) is 0 Å². The average molecular weight is 211 g/mol. The molecule has 0 radical (unpaired) electrons. The van der Waals surface area contributed by atoms with E-state index < -0.39 is 11.9 Å². The Morgan fingerprint density at radius 1 is 1.67 bits per heavy atom. The quantitative estimate of drug-likeness (QED) is 0.649. The van der Waals surface area contributed by atoms with Crippen LogP contribution in [0.1, 0.15) is 26.7 Å². The van der Waals surface area contributed by atoms with E-state index in [9.17, 15) is 4.79 Å². The second-order valence-corrected chi connectivity index (χ2v) is 4.49. The van der Waals surface area contributed by atoms with Crippen LogP contribution < -0.4 is 0 Å². The normalized spacial score (nSPS) is 26.4. The number of carbonyl (C=O) groups excluding carboxylic acids is 1. The van der Waals surface area contributed by atoms with Crippen molar-refractivity contribution in [1.29, 1.82) is 5.26 Å². The SMILES string of the molecule is COC(=O)[C@@H](C#N)[C@@H]1CCOC(C)(C)C1. The number of nitrogens with zero attached hydrogens (tertiary/aromatic N) is 1. The van der Waals surface area contributed by atoms with Crippen molar-refractivity contribution in [2.24, 2.45) is 11.8 Å². The summed E-state index contributed by atoms with van der Waals surface area (Å²) in [7, 11) is 1.32. The zero-order valence-electron chi connectivity index (χ0n) is 9.45. The number of esters is 1. The fraction of sp³-hybridized carbons (Fsp3) is 0.818. The molecule has 15 heavy (non-hydrogen) atoms. The van der Waals surface area contributed by atoms with E-state index >= 15 is 0 Å². The topological polar surface area (TPSA) is 59.3 Å². The minimum absolute atomic E-state index is 0.0474. The van der Waals surface area contributed by atoms with Gasteiger partial charge in [0.1, 0.15) is 5.92 Å². The third-order valence-corrected chi connectivity index (χ3v) is 2.80. The van der Waals surface area contributed by atoms with Crippen LogP contribution in [0.25, 0.3) is 0 Å². The summed E-state index contributed by atoms with van der Waals surface area (Å²) in [6, 6.07) is 2.03. The third-order valence-electron chi connectivity index (χ3n) is 2.80. The lowest BCUT2D eigenvalue weighted by atomic mass is 9.80. The van der Waals surface area contributed by atoms with Gasteiger partial charge < -0.3 is 9.47 Å². The van der Waals surface area contributed by atoms with Gasteiger partial charge in [-0.2, -0.15) is 5.26 Å². The Balaban J connectivity index is 2.70. The summed E-state index contributed by atoms with van der Waals surface area (Å²) in [5.41, 5.74) is -0.244. The van der Waals surface area contributed by atoms with Crippen molar-refractivity contribution in [3.63, 3.8) is 0 Å². The van der Waals surface area contributed by atoms with Crippen LogP contribution in [-0.4, -0.2) is 25.3 Å². The fourth-order valence-corrected chi connectivity index (χ4v) is 2.04. The van der Waals surface area contributed by atoms with Crippen LogP contribution in [0.3, 0.4) is 0 Å². The number of methoxy groups -OCH3 is 1. The van der Waals surface area contributed by atoms with Gasteiger partial charge in [-0.05, 0) is 32.6 Å². The van der Waals surface area contributed by atoms with Gasteiger partial charge in [-0.15, -0.1) is 0 Å². The molecule has 1 heterocycles. The first-order valence-corrected chi connectivity index (χ1v) is 5.11. The number of ether oxygens (including phenoxy) is 2. The smallest absolute Gasteiger partial charge is 0.323 e. The lowest BCUT2D eigenvalue weighted by Crippen LogP contribution is -2.38. The van der Waals surface area contributed by atoms with Crippen molar-refractivity contribution in [3.8, 4) is 6.07 Å². The fourth-order valence-electron chi connectivity index (χ4n) is 2.04. The number of hydrogen-bond acceptors (Lipinski definition) is 4. The predicted molar refractivity (Wildman–Crippen MR) is 53.9 cm³/mol. The van der Waals surface area contributed by atoms with E-state index in [0.717, 1.165) is 12.8 Å². The second kappa shape index (κ2) is 4.63. The molecular formula is C11H17NO3. The Morgan fingerprint density at radius 2 is 2.33 bits per heavy atom. The van der Waals surface area contributed by atoms with E-state index in [1.54, 1.807) is 0 Å². The molecule has 1 fully saturated rings. The first-order valence-electron chi connectivity index (χ1n) is 5.11. The van der Waals surface area contributed by atoms with Gasteiger partial charge in [0.15, 0.2) is 0 Å². The van der Waals surface area contributed by atoms with Crippen LogP contribution >= 0.6 is 0 Å². The molecule has 0 bridgehead atoms. The lowest BCUT2D eigenvalue weighted by Gasteiger charge is -2.36.